The zero-order valence-corrected chi connectivity index (χ0v) is 15.5. The van der Waals surface area contributed by atoms with Gasteiger partial charge in [-0.1, -0.05) is 36.4 Å². The topological polar surface area (TPSA) is 63.4 Å². The molecule has 6 heteroatoms. The van der Waals surface area contributed by atoms with Gasteiger partial charge in [-0.2, -0.15) is 0 Å². The van der Waals surface area contributed by atoms with E-state index in [4.69, 9.17) is 9.15 Å². The summed E-state index contributed by atoms with van der Waals surface area (Å²) in [6, 6.07) is 21.6. The van der Waals surface area contributed by atoms with Gasteiger partial charge in [0.2, 0.25) is 5.55 Å². The number of fused-ring (bicyclic) bond motifs is 2. The summed E-state index contributed by atoms with van der Waals surface area (Å²) >= 11 is 0. The Balaban J connectivity index is 1.85. The first-order valence-electron chi connectivity index (χ1n) is 9.08. The number of aromatic amines is 1. The summed E-state index contributed by atoms with van der Waals surface area (Å²) in [5.74, 6) is 0.733. The Kier molecular flexibility index (Phi) is 4.09. The standard InChI is InChI=1S/C23H16FN3O2/c1-28-20-12-6-7-14-13-15(22-25-18-10-4-5-11-19(18)26-22)23(29-21(14)20)27-17-9-3-2-8-16(17)24/h2-13H,1H3,(H,25,26). The van der Waals surface area contributed by atoms with E-state index in [-0.39, 0.29) is 11.2 Å². The zero-order valence-electron chi connectivity index (χ0n) is 15.5. The number of H-pyrrole nitrogens is 1. The molecule has 0 spiro atoms. The van der Waals surface area contributed by atoms with Crippen LogP contribution in [0.1, 0.15) is 0 Å². The van der Waals surface area contributed by atoms with Crippen molar-refractivity contribution < 1.29 is 13.5 Å². The number of imidazole rings is 1. The van der Waals surface area contributed by atoms with Crippen LogP contribution in [0.5, 0.6) is 5.75 Å². The van der Waals surface area contributed by atoms with Crippen molar-refractivity contribution in [2.75, 3.05) is 7.11 Å². The number of hydrogen-bond acceptors (Lipinski definition) is 4. The highest BCUT2D eigenvalue weighted by Crippen LogP contribution is 2.28. The monoisotopic (exact) mass is 385 g/mol. The molecular formula is C23H16FN3O2. The van der Waals surface area contributed by atoms with Gasteiger partial charge in [-0.05, 0) is 36.4 Å². The minimum absolute atomic E-state index is 0.183. The van der Waals surface area contributed by atoms with Crippen LogP contribution in [0.3, 0.4) is 0 Å². The van der Waals surface area contributed by atoms with Crippen molar-refractivity contribution in [2.24, 2.45) is 4.99 Å². The fourth-order valence-electron chi connectivity index (χ4n) is 3.27. The van der Waals surface area contributed by atoms with Gasteiger partial charge >= 0.3 is 0 Å². The summed E-state index contributed by atoms with van der Waals surface area (Å²) in [4.78, 5) is 12.4. The second-order valence-electron chi connectivity index (χ2n) is 6.51. The molecule has 2 aromatic heterocycles. The van der Waals surface area contributed by atoms with Gasteiger partial charge in [-0.3, -0.25) is 0 Å². The molecule has 3 aromatic carbocycles. The van der Waals surface area contributed by atoms with Crippen LogP contribution in [0, 0.1) is 5.82 Å². The van der Waals surface area contributed by atoms with Gasteiger partial charge in [-0.25, -0.2) is 14.4 Å². The van der Waals surface area contributed by atoms with E-state index < -0.39 is 5.82 Å². The molecule has 0 fully saturated rings. The van der Waals surface area contributed by atoms with Crippen molar-refractivity contribution in [3.8, 4) is 17.1 Å². The van der Waals surface area contributed by atoms with Crippen LogP contribution in [0.2, 0.25) is 0 Å². The van der Waals surface area contributed by atoms with Crippen LogP contribution in [0.4, 0.5) is 10.1 Å². The first-order chi connectivity index (χ1) is 14.2. The van der Waals surface area contributed by atoms with Gasteiger partial charge in [0, 0.05) is 5.39 Å². The predicted molar refractivity (Wildman–Crippen MR) is 109 cm³/mol. The normalized spacial score (nSPS) is 12.0. The number of aromatic nitrogens is 2. The van der Waals surface area contributed by atoms with Crippen molar-refractivity contribution in [1.29, 1.82) is 0 Å². The highest BCUT2D eigenvalue weighted by Gasteiger charge is 2.14. The Morgan fingerprint density at radius 2 is 1.83 bits per heavy atom. The SMILES string of the molecule is COc1cccc2cc(-c3nc4ccccc4[nH]3)c(=Nc3ccccc3F)oc12. The van der Waals surface area contributed by atoms with Crippen molar-refractivity contribution in [1.82, 2.24) is 9.97 Å². The molecule has 29 heavy (non-hydrogen) atoms. The van der Waals surface area contributed by atoms with Crippen LogP contribution in [-0.2, 0) is 0 Å². The summed E-state index contributed by atoms with van der Waals surface area (Å²) in [5.41, 5.74) is 3.30. The molecule has 5 nitrogen and oxygen atoms in total. The van der Waals surface area contributed by atoms with Gasteiger partial charge in [0.25, 0.3) is 0 Å². The number of nitrogens with one attached hydrogen (secondary N) is 1. The molecule has 0 amide bonds. The Morgan fingerprint density at radius 1 is 1.00 bits per heavy atom. The fraction of sp³-hybridized carbons (Fsp3) is 0.0435. The van der Waals surface area contributed by atoms with E-state index in [9.17, 15) is 4.39 Å². The van der Waals surface area contributed by atoms with Gasteiger partial charge in [0.05, 0.1) is 23.7 Å². The number of halogens is 1. The number of ether oxygens (including phenoxy) is 1. The molecule has 1 N–H and O–H groups in total. The zero-order chi connectivity index (χ0) is 19.8. The first-order valence-corrected chi connectivity index (χ1v) is 9.08. The molecule has 0 bridgehead atoms. The highest BCUT2D eigenvalue weighted by molar-refractivity contribution is 5.86. The van der Waals surface area contributed by atoms with Gasteiger partial charge in [0.15, 0.2) is 11.3 Å². The quantitative estimate of drug-likeness (QED) is 0.455. The summed E-state index contributed by atoms with van der Waals surface area (Å²) in [5, 5.41) is 0.826. The third kappa shape index (κ3) is 3.04. The third-order valence-electron chi connectivity index (χ3n) is 4.68. The molecule has 0 radical (unpaired) electrons. The van der Waals surface area contributed by atoms with Crippen molar-refractivity contribution in [3.05, 3.63) is 84.2 Å². The maximum Gasteiger partial charge on any atom is 0.231 e. The highest BCUT2D eigenvalue weighted by atomic mass is 19.1. The molecule has 142 valence electrons. The maximum absolute atomic E-state index is 14.3. The van der Waals surface area contributed by atoms with Gasteiger partial charge < -0.3 is 14.1 Å². The van der Waals surface area contributed by atoms with Crippen LogP contribution in [-0.4, -0.2) is 17.1 Å². The summed E-state index contributed by atoms with van der Waals surface area (Å²) < 4.78 is 25.8. The lowest BCUT2D eigenvalue weighted by molar-refractivity contribution is 0.406. The molecule has 0 atom stereocenters. The van der Waals surface area contributed by atoms with E-state index in [1.165, 1.54) is 6.07 Å². The van der Waals surface area contributed by atoms with E-state index >= 15 is 0 Å². The number of benzene rings is 3. The van der Waals surface area contributed by atoms with E-state index in [0.29, 0.717) is 22.7 Å². The largest absolute Gasteiger partial charge is 0.493 e. The van der Waals surface area contributed by atoms with Gasteiger partial charge in [-0.15, -0.1) is 0 Å². The Bertz CT molecular complexity index is 1390. The molecular weight excluding hydrogens is 369 g/mol. The molecule has 0 aliphatic rings. The number of para-hydroxylation sites is 4. The first kappa shape index (κ1) is 17.2. The van der Waals surface area contributed by atoms with Crippen LogP contribution in [0.25, 0.3) is 33.4 Å². The smallest absolute Gasteiger partial charge is 0.231 e. The Labute approximate surface area is 165 Å². The van der Waals surface area contributed by atoms with Crippen molar-refractivity contribution in [3.63, 3.8) is 0 Å². The molecule has 0 aliphatic heterocycles. The average Bonchev–Trinajstić information content (AvgIpc) is 3.18. The van der Waals surface area contributed by atoms with Gasteiger partial charge in [0.1, 0.15) is 17.3 Å². The molecule has 5 aromatic rings. The lowest BCUT2D eigenvalue weighted by Crippen LogP contribution is -2.07. The number of nitrogens with zero attached hydrogens (tertiary/aromatic N) is 2. The van der Waals surface area contributed by atoms with E-state index in [2.05, 4.69) is 15.0 Å². The molecule has 0 saturated carbocycles. The summed E-state index contributed by atoms with van der Waals surface area (Å²) in [6.45, 7) is 0. The van der Waals surface area contributed by atoms with Crippen LogP contribution in [0.15, 0.2) is 82.2 Å². The van der Waals surface area contributed by atoms with Crippen molar-refractivity contribution >= 4 is 27.7 Å². The molecule has 0 aliphatic carbocycles. The molecule has 0 unspecified atom stereocenters. The van der Waals surface area contributed by atoms with Crippen LogP contribution < -0.4 is 10.3 Å². The van der Waals surface area contributed by atoms with Crippen LogP contribution >= 0.6 is 0 Å². The number of methoxy groups -OCH3 is 1. The number of hydrogen-bond donors (Lipinski definition) is 1. The lowest BCUT2D eigenvalue weighted by Gasteiger charge is -2.07. The molecule has 5 rings (SSSR count). The number of rotatable bonds is 3. The summed E-state index contributed by atoms with van der Waals surface area (Å²) in [6.07, 6.45) is 0. The van der Waals surface area contributed by atoms with E-state index in [0.717, 1.165) is 16.4 Å². The fourth-order valence-corrected chi connectivity index (χ4v) is 3.27. The van der Waals surface area contributed by atoms with E-state index in [1.807, 2.05) is 42.5 Å². The predicted octanol–water partition coefficient (Wildman–Crippen LogP) is 5.36. The third-order valence-corrected chi connectivity index (χ3v) is 4.68. The van der Waals surface area contributed by atoms with E-state index in [1.54, 1.807) is 31.4 Å². The minimum Gasteiger partial charge on any atom is -0.493 e. The summed E-state index contributed by atoms with van der Waals surface area (Å²) in [7, 11) is 1.57. The second-order valence-corrected chi connectivity index (χ2v) is 6.51. The average molecular weight is 385 g/mol. The Hall–Kier alpha value is -3.93. The maximum atomic E-state index is 14.3. The molecule has 2 heterocycles. The minimum atomic E-state index is -0.432. The molecule has 0 saturated heterocycles. The van der Waals surface area contributed by atoms with Crippen molar-refractivity contribution in [2.45, 2.75) is 0 Å². The Morgan fingerprint density at radius 3 is 2.66 bits per heavy atom. The lowest BCUT2D eigenvalue weighted by atomic mass is 10.1. The second kappa shape index (κ2) is 6.91.